The number of hydrogen-bond acceptors (Lipinski definition) is 4. The first-order valence-electron chi connectivity index (χ1n) is 6.42. The molecule has 1 aromatic carbocycles. The number of rotatable bonds is 6. The summed E-state index contributed by atoms with van der Waals surface area (Å²) in [6.45, 7) is 1.07. The van der Waals surface area contributed by atoms with Crippen molar-refractivity contribution in [3.05, 3.63) is 48.4 Å². The van der Waals surface area contributed by atoms with Crippen molar-refractivity contribution in [3.8, 4) is 11.6 Å². The minimum Gasteiger partial charge on any atom is -0.437 e. The van der Waals surface area contributed by atoms with Gasteiger partial charge in [0.2, 0.25) is 5.88 Å². The highest BCUT2D eigenvalue weighted by atomic mass is 16.5. The van der Waals surface area contributed by atoms with Crippen molar-refractivity contribution in [2.45, 2.75) is 12.8 Å². The molecule has 0 fully saturated rings. The number of aromatic nitrogens is 2. The molecule has 0 aliphatic heterocycles. The average Bonchev–Trinajstić information content (AvgIpc) is 2.41. The van der Waals surface area contributed by atoms with Crippen LogP contribution in [0.5, 0.6) is 11.6 Å². The Balaban J connectivity index is 2.04. The molecule has 0 bridgehead atoms. The third-order valence-electron chi connectivity index (χ3n) is 2.78. The molecule has 0 amide bonds. The average molecular weight is 257 g/mol. The van der Waals surface area contributed by atoms with Crippen LogP contribution in [-0.2, 0) is 6.42 Å². The highest BCUT2D eigenvalue weighted by Gasteiger charge is 2.05. The fraction of sp³-hybridized carbons (Fsp3) is 0.333. The molecule has 19 heavy (non-hydrogen) atoms. The number of aryl methyl sites for hydroxylation is 1. The molecule has 0 unspecified atom stereocenters. The molecule has 4 nitrogen and oxygen atoms in total. The van der Waals surface area contributed by atoms with Crippen molar-refractivity contribution in [1.29, 1.82) is 0 Å². The van der Waals surface area contributed by atoms with E-state index in [1.54, 1.807) is 18.6 Å². The van der Waals surface area contributed by atoms with Gasteiger partial charge in [0.05, 0.1) is 6.20 Å². The maximum Gasteiger partial charge on any atom is 0.237 e. The summed E-state index contributed by atoms with van der Waals surface area (Å²) >= 11 is 0. The fourth-order valence-electron chi connectivity index (χ4n) is 1.85. The highest BCUT2D eigenvalue weighted by Crippen LogP contribution is 2.24. The first-order chi connectivity index (χ1) is 9.25. The molecule has 0 saturated carbocycles. The van der Waals surface area contributed by atoms with Gasteiger partial charge in [-0.1, -0.05) is 18.2 Å². The van der Waals surface area contributed by atoms with Gasteiger partial charge in [-0.05, 0) is 45.1 Å². The van der Waals surface area contributed by atoms with E-state index in [-0.39, 0.29) is 0 Å². The van der Waals surface area contributed by atoms with E-state index in [1.165, 1.54) is 5.56 Å². The van der Waals surface area contributed by atoms with Gasteiger partial charge in [0.25, 0.3) is 0 Å². The summed E-state index contributed by atoms with van der Waals surface area (Å²) in [7, 11) is 4.17. The zero-order chi connectivity index (χ0) is 13.5. The summed E-state index contributed by atoms with van der Waals surface area (Å²) in [5, 5.41) is 0. The highest BCUT2D eigenvalue weighted by molar-refractivity contribution is 5.35. The molecule has 2 rings (SSSR count). The Kier molecular flexibility index (Phi) is 4.86. The van der Waals surface area contributed by atoms with Crippen LogP contribution >= 0.6 is 0 Å². The summed E-state index contributed by atoms with van der Waals surface area (Å²) in [5.74, 6) is 1.39. The van der Waals surface area contributed by atoms with Crippen LogP contribution in [0.4, 0.5) is 0 Å². The molecule has 0 N–H and O–H groups in total. The van der Waals surface area contributed by atoms with Gasteiger partial charge in [0, 0.05) is 12.4 Å². The Bertz CT molecular complexity index is 500. The summed E-state index contributed by atoms with van der Waals surface area (Å²) in [5.41, 5.74) is 1.20. The predicted octanol–water partition coefficient (Wildman–Crippen LogP) is 2.76. The van der Waals surface area contributed by atoms with Crippen molar-refractivity contribution in [3.63, 3.8) is 0 Å². The topological polar surface area (TPSA) is 38.2 Å². The van der Waals surface area contributed by atoms with Crippen LogP contribution in [0.25, 0.3) is 0 Å². The Morgan fingerprint density at radius 2 is 2.00 bits per heavy atom. The minimum absolute atomic E-state index is 0.530. The summed E-state index contributed by atoms with van der Waals surface area (Å²) < 4.78 is 5.78. The normalized spacial score (nSPS) is 10.7. The molecule has 0 saturated heterocycles. The number of para-hydroxylation sites is 1. The monoisotopic (exact) mass is 257 g/mol. The second-order valence-corrected chi connectivity index (χ2v) is 4.66. The van der Waals surface area contributed by atoms with E-state index in [0.29, 0.717) is 5.88 Å². The minimum atomic E-state index is 0.530. The number of nitrogens with zero attached hydrogens (tertiary/aromatic N) is 3. The zero-order valence-corrected chi connectivity index (χ0v) is 11.4. The maximum absolute atomic E-state index is 5.78. The van der Waals surface area contributed by atoms with Crippen molar-refractivity contribution < 1.29 is 4.74 Å². The molecule has 0 aliphatic carbocycles. The van der Waals surface area contributed by atoms with E-state index < -0.39 is 0 Å². The van der Waals surface area contributed by atoms with E-state index in [1.807, 2.05) is 18.2 Å². The Hall–Kier alpha value is -1.94. The lowest BCUT2D eigenvalue weighted by Crippen LogP contribution is -2.13. The van der Waals surface area contributed by atoms with E-state index in [4.69, 9.17) is 4.74 Å². The van der Waals surface area contributed by atoms with Crippen molar-refractivity contribution in [2.75, 3.05) is 20.6 Å². The summed E-state index contributed by atoms with van der Waals surface area (Å²) in [4.78, 5) is 10.3. The molecule has 1 aromatic heterocycles. The molecule has 2 aromatic rings. The van der Waals surface area contributed by atoms with Crippen LogP contribution < -0.4 is 4.74 Å². The lowest BCUT2D eigenvalue weighted by molar-refractivity contribution is 0.397. The molecule has 1 heterocycles. The molecular formula is C15H19N3O. The lowest BCUT2D eigenvalue weighted by Gasteiger charge is -2.12. The molecule has 4 heteroatoms. The largest absolute Gasteiger partial charge is 0.437 e. The van der Waals surface area contributed by atoms with E-state index in [9.17, 15) is 0 Å². The Morgan fingerprint density at radius 3 is 2.74 bits per heavy atom. The third-order valence-corrected chi connectivity index (χ3v) is 2.78. The SMILES string of the molecule is CN(C)CCCc1ccccc1Oc1cnccn1. The number of benzene rings is 1. The van der Waals surface area contributed by atoms with E-state index >= 15 is 0 Å². The predicted molar refractivity (Wildman–Crippen MR) is 75.4 cm³/mol. The first kappa shape index (κ1) is 13.5. The van der Waals surface area contributed by atoms with Gasteiger partial charge in [-0.25, -0.2) is 4.98 Å². The maximum atomic E-state index is 5.78. The van der Waals surface area contributed by atoms with Crippen LogP contribution in [0.1, 0.15) is 12.0 Å². The van der Waals surface area contributed by atoms with Gasteiger partial charge in [-0.15, -0.1) is 0 Å². The first-order valence-corrected chi connectivity index (χ1v) is 6.42. The summed E-state index contributed by atoms with van der Waals surface area (Å²) in [6.07, 6.45) is 6.99. The lowest BCUT2D eigenvalue weighted by atomic mass is 10.1. The molecule has 0 radical (unpaired) electrons. The van der Waals surface area contributed by atoms with E-state index in [0.717, 1.165) is 25.1 Å². The molecule has 0 aliphatic rings. The van der Waals surface area contributed by atoms with Gasteiger partial charge in [-0.2, -0.15) is 0 Å². The van der Waals surface area contributed by atoms with E-state index in [2.05, 4.69) is 35.0 Å². The van der Waals surface area contributed by atoms with Crippen LogP contribution in [0, 0.1) is 0 Å². The smallest absolute Gasteiger partial charge is 0.237 e. The number of hydrogen-bond donors (Lipinski definition) is 0. The van der Waals surface area contributed by atoms with Crippen molar-refractivity contribution in [2.24, 2.45) is 0 Å². The van der Waals surface area contributed by atoms with Gasteiger partial charge in [-0.3, -0.25) is 4.98 Å². The zero-order valence-electron chi connectivity index (χ0n) is 11.4. The number of ether oxygens (including phenoxy) is 1. The Morgan fingerprint density at radius 1 is 1.16 bits per heavy atom. The van der Waals surface area contributed by atoms with Gasteiger partial charge in [0.15, 0.2) is 0 Å². The second-order valence-electron chi connectivity index (χ2n) is 4.66. The van der Waals surface area contributed by atoms with Crippen LogP contribution in [0.15, 0.2) is 42.9 Å². The van der Waals surface area contributed by atoms with Crippen molar-refractivity contribution >= 4 is 0 Å². The quantitative estimate of drug-likeness (QED) is 0.797. The van der Waals surface area contributed by atoms with Gasteiger partial charge >= 0.3 is 0 Å². The molecule has 0 spiro atoms. The third kappa shape index (κ3) is 4.34. The fourth-order valence-corrected chi connectivity index (χ4v) is 1.85. The standard InChI is InChI=1S/C15H19N3O/c1-18(2)11-5-7-13-6-3-4-8-14(13)19-15-12-16-9-10-17-15/h3-4,6,8-10,12H,5,7,11H2,1-2H3. The van der Waals surface area contributed by atoms with Crippen LogP contribution in [-0.4, -0.2) is 35.5 Å². The summed E-state index contributed by atoms with van der Waals surface area (Å²) in [6, 6.07) is 8.08. The van der Waals surface area contributed by atoms with Crippen LogP contribution in [0.3, 0.4) is 0 Å². The molecular weight excluding hydrogens is 238 g/mol. The Labute approximate surface area is 114 Å². The molecule has 100 valence electrons. The second kappa shape index (κ2) is 6.85. The van der Waals surface area contributed by atoms with Crippen molar-refractivity contribution in [1.82, 2.24) is 14.9 Å². The van der Waals surface area contributed by atoms with Gasteiger partial charge < -0.3 is 9.64 Å². The van der Waals surface area contributed by atoms with Gasteiger partial charge in [0.1, 0.15) is 5.75 Å². The van der Waals surface area contributed by atoms with Crippen LogP contribution in [0.2, 0.25) is 0 Å². The molecule has 0 atom stereocenters.